The molecule has 1 saturated heterocycles. The highest BCUT2D eigenvalue weighted by molar-refractivity contribution is 6.13. The van der Waals surface area contributed by atoms with Crippen molar-refractivity contribution in [2.24, 2.45) is 5.73 Å². The Labute approximate surface area is 163 Å². The van der Waals surface area contributed by atoms with Crippen LogP contribution in [0.5, 0.6) is 0 Å². The number of anilines is 1. The molecule has 3 N–H and O–H groups in total. The lowest BCUT2D eigenvalue weighted by molar-refractivity contribution is 0.0312. The second-order valence-corrected chi connectivity index (χ2v) is 6.54. The van der Waals surface area contributed by atoms with E-state index in [0.29, 0.717) is 31.6 Å². The van der Waals surface area contributed by atoms with E-state index in [1.54, 1.807) is 6.07 Å². The molecule has 1 aromatic carbocycles. The van der Waals surface area contributed by atoms with Crippen molar-refractivity contribution in [1.29, 1.82) is 0 Å². The highest BCUT2D eigenvalue weighted by Gasteiger charge is 2.25. The van der Waals surface area contributed by atoms with Crippen LogP contribution in [-0.2, 0) is 11.3 Å². The number of hydrogen-bond donors (Lipinski definition) is 2. The zero-order valence-corrected chi connectivity index (χ0v) is 15.2. The first-order chi connectivity index (χ1) is 13.9. The number of furan rings is 2. The van der Waals surface area contributed by atoms with Crippen molar-refractivity contribution in [3.8, 4) is 0 Å². The molecule has 8 nitrogen and oxygen atoms in total. The van der Waals surface area contributed by atoms with Gasteiger partial charge < -0.3 is 24.6 Å². The van der Waals surface area contributed by atoms with Gasteiger partial charge in [-0.1, -0.05) is 0 Å². The standard InChI is InChI=1S/C19H17F2N3O5/c20-10-7-12-15(17(18(22)25)29-16(12)13(21)8-10)23-19(26)14-2-1-11(28-14)9-24-3-5-27-6-4-24/h1-2,7-8H,3-6,9H2,(H2,22,25)(H,23,26). The zero-order chi connectivity index (χ0) is 20.5. The number of nitrogens with one attached hydrogen (secondary N) is 1. The van der Waals surface area contributed by atoms with Gasteiger partial charge >= 0.3 is 0 Å². The average Bonchev–Trinajstić information content (AvgIpc) is 3.28. The number of morpholine rings is 1. The minimum absolute atomic E-state index is 0.0325. The van der Waals surface area contributed by atoms with Crippen LogP contribution in [0.2, 0.25) is 0 Å². The summed E-state index contributed by atoms with van der Waals surface area (Å²) in [7, 11) is 0. The lowest BCUT2D eigenvalue weighted by atomic mass is 10.2. The summed E-state index contributed by atoms with van der Waals surface area (Å²) in [6, 6.07) is 4.67. The molecule has 0 bridgehead atoms. The van der Waals surface area contributed by atoms with Crippen molar-refractivity contribution in [2.75, 3.05) is 31.6 Å². The van der Waals surface area contributed by atoms with Crippen molar-refractivity contribution in [2.45, 2.75) is 6.54 Å². The zero-order valence-electron chi connectivity index (χ0n) is 15.2. The number of hydrogen-bond acceptors (Lipinski definition) is 6. The van der Waals surface area contributed by atoms with Crippen LogP contribution in [0.3, 0.4) is 0 Å². The Hall–Kier alpha value is -3.24. The fraction of sp³-hybridized carbons (Fsp3) is 0.263. The molecule has 2 amide bonds. The van der Waals surface area contributed by atoms with Crippen molar-refractivity contribution in [1.82, 2.24) is 4.90 Å². The molecule has 4 rings (SSSR count). The van der Waals surface area contributed by atoms with Crippen molar-refractivity contribution < 1.29 is 31.9 Å². The van der Waals surface area contributed by atoms with Crippen LogP contribution in [0.15, 0.2) is 33.1 Å². The molecule has 0 atom stereocenters. The maximum atomic E-state index is 14.0. The molecule has 0 aliphatic carbocycles. The molecule has 1 aliphatic heterocycles. The Morgan fingerprint density at radius 2 is 1.90 bits per heavy atom. The van der Waals surface area contributed by atoms with Crippen LogP contribution in [0, 0.1) is 11.6 Å². The molecule has 0 spiro atoms. The monoisotopic (exact) mass is 405 g/mol. The summed E-state index contributed by atoms with van der Waals surface area (Å²) in [6.07, 6.45) is 0. The predicted octanol–water partition coefficient (Wildman–Crippen LogP) is 2.49. The number of primary amides is 1. The summed E-state index contributed by atoms with van der Waals surface area (Å²) < 4.78 is 43.6. The smallest absolute Gasteiger partial charge is 0.291 e. The maximum Gasteiger partial charge on any atom is 0.291 e. The second-order valence-electron chi connectivity index (χ2n) is 6.54. The normalized spacial score (nSPS) is 15.0. The molecule has 10 heteroatoms. The van der Waals surface area contributed by atoms with Crippen molar-refractivity contribution >= 4 is 28.5 Å². The number of halogens is 2. The van der Waals surface area contributed by atoms with E-state index in [2.05, 4.69) is 10.2 Å². The number of carbonyl (C=O) groups is 2. The van der Waals surface area contributed by atoms with E-state index in [0.717, 1.165) is 19.2 Å². The summed E-state index contributed by atoms with van der Waals surface area (Å²) in [5.41, 5.74) is 4.64. The van der Waals surface area contributed by atoms with Gasteiger partial charge in [-0.2, -0.15) is 0 Å². The van der Waals surface area contributed by atoms with E-state index in [1.807, 2.05) is 0 Å². The van der Waals surface area contributed by atoms with Gasteiger partial charge in [0.1, 0.15) is 17.3 Å². The van der Waals surface area contributed by atoms with E-state index in [-0.39, 0.29) is 22.4 Å². The molecule has 0 saturated carbocycles. The number of benzene rings is 1. The SMILES string of the molecule is NC(=O)c1oc2c(F)cc(F)cc2c1NC(=O)c1ccc(CN2CCOCC2)o1. The van der Waals surface area contributed by atoms with Crippen LogP contribution in [-0.4, -0.2) is 43.0 Å². The molecular formula is C19H17F2N3O5. The van der Waals surface area contributed by atoms with Gasteiger partial charge in [0.25, 0.3) is 11.8 Å². The molecule has 0 unspecified atom stereocenters. The number of ether oxygens (including phenoxy) is 1. The van der Waals surface area contributed by atoms with Crippen molar-refractivity contribution in [3.05, 3.63) is 53.2 Å². The first kappa shape index (κ1) is 19.1. The third-order valence-electron chi connectivity index (χ3n) is 4.54. The maximum absolute atomic E-state index is 14.0. The Kier molecular flexibility index (Phi) is 5.03. The summed E-state index contributed by atoms with van der Waals surface area (Å²) in [4.78, 5) is 26.4. The number of nitrogens with zero attached hydrogens (tertiary/aromatic N) is 1. The molecule has 1 aliphatic rings. The Morgan fingerprint density at radius 3 is 2.62 bits per heavy atom. The summed E-state index contributed by atoms with van der Waals surface area (Å²) in [5.74, 6) is -3.62. The molecule has 0 radical (unpaired) electrons. The van der Waals surface area contributed by atoms with Gasteiger partial charge in [0.05, 0.1) is 25.1 Å². The fourth-order valence-electron chi connectivity index (χ4n) is 3.16. The van der Waals surface area contributed by atoms with Crippen LogP contribution >= 0.6 is 0 Å². The van der Waals surface area contributed by atoms with Crippen molar-refractivity contribution in [3.63, 3.8) is 0 Å². The van der Waals surface area contributed by atoms with E-state index in [9.17, 15) is 18.4 Å². The summed E-state index contributed by atoms with van der Waals surface area (Å²) >= 11 is 0. The molecule has 1 fully saturated rings. The summed E-state index contributed by atoms with van der Waals surface area (Å²) in [5, 5.41) is 2.29. The van der Waals surface area contributed by atoms with Crippen LogP contribution in [0.1, 0.15) is 26.9 Å². The predicted molar refractivity (Wildman–Crippen MR) is 97.4 cm³/mol. The lowest BCUT2D eigenvalue weighted by Crippen LogP contribution is -2.35. The van der Waals surface area contributed by atoms with Crippen LogP contribution < -0.4 is 11.1 Å². The Morgan fingerprint density at radius 1 is 1.14 bits per heavy atom. The molecule has 152 valence electrons. The molecule has 2 aromatic heterocycles. The molecule has 3 heterocycles. The Balaban J connectivity index is 1.59. The quantitative estimate of drug-likeness (QED) is 0.675. The highest BCUT2D eigenvalue weighted by Crippen LogP contribution is 2.33. The summed E-state index contributed by atoms with van der Waals surface area (Å²) in [6.45, 7) is 3.27. The van der Waals surface area contributed by atoms with Crippen LogP contribution in [0.25, 0.3) is 11.0 Å². The minimum atomic E-state index is -1.04. The Bertz CT molecular complexity index is 1090. The third-order valence-corrected chi connectivity index (χ3v) is 4.54. The topological polar surface area (TPSA) is 111 Å². The van der Waals surface area contributed by atoms with Gasteiger partial charge in [-0.05, 0) is 18.2 Å². The lowest BCUT2D eigenvalue weighted by Gasteiger charge is -2.25. The average molecular weight is 405 g/mol. The fourth-order valence-corrected chi connectivity index (χ4v) is 3.16. The first-order valence-electron chi connectivity index (χ1n) is 8.84. The first-order valence-corrected chi connectivity index (χ1v) is 8.84. The number of fused-ring (bicyclic) bond motifs is 1. The van der Waals surface area contributed by atoms with Gasteiger partial charge in [-0.15, -0.1) is 0 Å². The molecule has 29 heavy (non-hydrogen) atoms. The van der Waals surface area contributed by atoms with Gasteiger partial charge in [-0.3, -0.25) is 14.5 Å². The van der Waals surface area contributed by atoms with E-state index >= 15 is 0 Å². The van der Waals surface area contributed by atoms with Gasteiger partial charge in [0, 0.05) is 19.2 Å². The van der Waals surface area contributed by atoms with Gasteiger partial charge in [-0.25, -0.2) is 8.78 Å². The van der Waals surface area contributed by atoms with E-state index in [1.165, 1.54) is 6.07 Å². The number of nitrogens with two attached hydrogens (primary N) is 1. The van der Waals surface area contributed by atoms with Crippen LogP contribution in [0.4, 0.5) is 14.5 Å². The van der Waals surface area contributed by atoms with E-state index < -0.39 is 29.2 Å². The number of amides is 2. The molecule has 3 aromatic rings. The number of carbonyl (C=O) groups excluding carboxylic acids is 2. The molecular weight excluding hydrogens is 388 g/mol. The number of rotatable bonds is 5. The van der Waals surface area contributed by atoms with Gasteiger partial charge in [0.15, 0.2) is 17.2 Å². The largest absolute Gasteiger partial charge is 0.455 e. The minimum Gasteiger partial charge on any atom is -0.455 e. The highest BCUT2D eigenvalue weighted by atomic mass is 19.1. The van der Waals surface area contributed by atoms with Gasteiger partial charge in [0.2, 0.25) is 5.76 Å². The van der Waals surface area contributed by atoms with E-state index in [4.69, 9.17) is 19.3 Å². The third kappa shape index (κ3) is 3.84. The second kappa shape index (κ2) is 7.64.